The van der Waals surface area contributed by atoms with Gasteiger partial charge in [-0.1, -0.05) is 90.4 Å². The van der Waals surface area contributed by atoms with Crippen molar-refractivity contribution in [3.63, 3.8) is 0 Å². The van der Waals surface area contributed by atoms with Crippen LogP contribution in [0.4, 0.5) is 0 Å². The van der Waals surface area contributed by atoms with Gasteiger partial charge in [-0.25, -0.2) is 4.79 Å². The van der Waals surface area contributed by atoms with Crippen molar-refractivity contribution in [1.82, 2.24) is 5.32 Å². The van der Waals surface area contributed by atoms with Gasteiger partial charge in [0.1, 0.15) is 6.10 Å². The Labute approximate surface area is 243 Å². The molecule has 1 aliphatic heterocycles. The van der Waals surface area contributed by atoms with Crippen molar-refractivity contribution in [3.05, 3.63) is 11.6 Å². The summed E-state index contributed by atoms with van der Waals surface area (Å²) in [5, 5.41) is 22.9. The lowest BCUT2D eigenvalue weighted by Crippen LogP contribution is -2.30. The molecule has 1 rings (SSSR count). The summed E-state index contributed by atoms with van der Waals surface area (Å²) in [5.41, 5.74) is 0.824. The maximum atomic E-state index is 12.0. The lowest BCUT2D eigenvalue weighted by atomic mass is 10.0. The van der Waals surface area contributed by atoms with Gasteiger partial charge in [0, 0.05) is 12.1 Å². The van der Waals surface area contributed by atoms with E-state index in [9.17, 15) is 19.8 Å². The molecule has 0 aromatic heterocycles. The highest BCUT2D eigenvalue weighted by atomic mass is 16.5. The molecule has 0 spiro atoms. The smallest absolute Gasteiger partial charge is 0.334 e. The van der Waals surface area contributed by atoms with E-state index in [2.05, 4.69) is 12.2 Å². The quantitative estimate of drug-likeness (QED) is 0.0809. The summed E-state index contributed by atoms with van der Waals surface area (Å²) in [6.45, 7) is 5.82. The highest BCUT2D eigenvalue weighted by molar-refractivity contribution is 5.90. The third-order valence-corrected chi connectivity index (χ3v) is 7.24. The molecule has 0 saturated heterocycles. The number of rotatable bonds is 28. The minimum absolute atomic E-state index is 0.0287. The number of aliphatic hydroxyl groups excluding tert-OH is 2. The van der Waals surface area contributed by atoms with Gasteiger partial charge in [0.25, 0.3) is 0 Å². The fourth-order valence-electron chi connectivity index (χ4n) is 4.87. The third-order valence-electron chi connectivity index (χ3n) is 7.24. The molecule has 0 saturated carbocycles. The first kappa shape index (κ1) is 36.5. The number of nitrogens with one attached hydrogen (secondary N) is 1. The van der Waals surface area contributed by atoms with Crippen molar-refractivity contribution >= 4 is 11.9 Å². The van der Waals surface area contributed by atoms with E-state index in [1.54, 1.807) is 0 Å². The largest absolute Gasteiger partial charge is 0.455 e. The van der Waals surface area contributed by atoms with Crippen LogP contribution in [-0.4, -0.2) is 73.4 Å². The number of unbranched alkanes of at least 4 members (excludes halogenated alkanes) is 13. The van der Waals surface area contributed by atoms with Gasteiger partial charge >= 0.3 is 5.97 Å². The normalized spacial score (nSPS) is 16.6. The van der Waals surface area contributed by atoms with Gasteiger partial charge in [0.2, 0.25) is 5.91 Å². The maximum absolute atomic E-state index is 12.0. The molecule has 0 fully saturated rings. The van der Waals surface area contributed by atoms with Gasteiger partial charge in [-0.05, 0) is 38.7 Å². The van der Waals surface area contributed by atoms with Gasteiger partial charge in [-0.3, -0.25) is 4.79 Å². The molecule has 0 radical (unpaired) electrons. The molecule has 1 aliphatic rings. The molecule has 0 aromatic carbocycles. The number of hydrogen-bond acceptors (Lipinski definition) is 7. The van der Waals surface area contributed by atoms with Crippen LogP contribution in [0.15, 0.2) is 11.6 Å². The van der Waals surface area contributed by atoms with Gasteiger partial charge in [-0.2, -0.15) is 0 Å². The molecule has 8 nitrogen and oxygen atoms in total. The number of amides is 1. The molecular formula is C32H59NO7. The molecule has 0 aromatic rings. The topological polar surface area (TPSA) is 114 Å². The molecule has 40 heavy (non-hydrogen) atoms. The first-order chi connectivity index (χ1) is 19.4. The SMILES string of the molecule is CCCCCCCCCC[C@H](O)COCCOC[C@@H](O)CC(=O)NCCCCCCCCCC1=C[C@H](C)OC1=O. The van der Waals surface area contributed by atoms with Crippen LogP contribution in [0.3, 0.4) is 0 Å². The number of aliphatic hydroxyl groups is 2. The molecule has 3 N–H and O–H groups in total. The van der Waals surface area contributed by atoms with Crippen molar-refractivity contribution in [1.29, 1.82) is 0 Å². The summed E-state index contributed by atoms with van der Waals surface area (Å²) < 4.78 is 16.0. The van der Waals surface area contributed by atoms with Gasteiger partial charge in [-0.15, -0.1) is 0 Å². The Morgan fingerprint density at radius 1 is 0.850 bits per heavy atom. The number of carbonyl (C=O) groups is 2. The Morgan fingerprint density at radius 3 is 2.00 bits per heavy atom. The predicted octanol–water partition coefficient (Wildman–Crippen LogP) is 5.77. The predicted molar refractivity (Wildman–Crippen MR) is 159 cm³/mol. The molecular weight excluding hydrogens is 510 g/mol. The standard InChI is InChI=1S/C32H59NO7/c1-3-4-5-6-7-10-13-16-19-29(34)25-38-21-22-39-26-30(35)24-31(36)33-20-17-14-11-8-9-12-15-18-28-23-27(2)40-32(28)37/h23,27,29-30,34-35H,3-22,24-26H2,1-2H3,(H,33,36)/t27-,29-,30-/m0/s1. The molecule has 0 aliphatic carbocycles. The van der Waals surface area contributed by atoms with Gasteiger partial charge in [0.15, 0.2) is 0 Å². The molecule has 8 heteroatoms. The number of hydrogen-bond donors (Lipinski definition) is 3. The molecule has 1 amide bonds. The number of cyclic esters (lactones) is 1. The summed E-state index contributed by atoms with van der Waals surface area (Å²) in [4.78, 5) is 23.6. The summed E-state index contributed by atoms with van der Waals surface area (Å²) >= 11 is 0. The highest BCUT2D eigenvalue weighted by Crippen LogP contribution is 2.20. The summed E-state index contributed by atoms with van der Waals surface area (Å²) in [6.07, 6.45) is 19.7. The molecule has 0 unspecified atom stereocenters. The lowest BCUT2D eigenvalue weighted by Gasteiger charge is -2.13. The second kappa shape index (κ2) is 25.2. The van der Waals surface area contributed by atoms with Gasteiger partial charge in [0.05, 0.1) is 45.1 Å². The fourth-order valence-corrected chi connectivity index (χ4v) is 4.87. The van der Waals surface area contributed by atoms with Crippen LogP contribution in [0.5, 0.6) is 0 Å². The number of esters is 1. The fraction of sp³-hybridized carbons (Fsp3) is 0.875. The van der Waals surface area contributed by atoms with Crippen molar-refractivity contribution in [3.8, 4) is 0 Å². The summed E-state index contributed by atoms with van der Waals surface area (Å²) in [6, 6.07) is 0. The Balaban J connectivity index is 1.83. The molecule has 1 heterocycles. The van der Waals surface area contributed by atoms with E-state index in [-0.39, 0.29) is 31.0 Å². The van der Waals surface area contributed by atoms with E-state index >= 15 is 0 Å². The van der Waals surface area contributed by atoms with Crippen LogP contribution in [0.1, 0.15) is 129 Å². The monoisotopic (exact) mass is 569 g/mol. The molecule has 234 valence electrons. The zero-order chi connectivity index (χ0) is 29.3. The van der Waals surface area contributed by atoms with Crippen molar-refractivity contribution < 1.29 is 34.0 Å². The van der Waals surface area contributed by atoms with Crippen molar-refractivity contribution in [2.24, 2.45) is 0 Å². The van der Waals surface area contributed by atoms with Crippen molar-refractivity contribution in [2.45, 2.75) is 148 Å². The zero-order valence-electron chi connectivity index (χ0n) is 25.5. The van der Waals surface area contributed by atoms with Crippen LogP contribution in [0.2, 0.25) is 0 Å². The van der Waals surface area contributed by atoms with E-state index in [1.807, 2.05) is 13.0 Å². The van der Waals surface area contributed by atoms with E-state index in [0.29, 0.717) is 26.4 Å². The number of ether oxygens (including phenoxy) is 3. The third kappa shape index (κ3) is 21.3. The number of carbonyl (C=O) groups excluding carboxylic acids is 2. The Kier molecular flexibility index (Phi) is 23.1. The van der Waals surface area contributed by atoms with E-state index in [0.717, 1.165) is 69.8 Å². The first-order valence-corrected chi connectivity index (χ1v) is 16.1. The lowest BCUT2D eigenvalue weighted by molar-refractivity contribution is -0.139. The van der Waals surface area contributed by atoms with E-state index in [4.69, 9.17) is 14.2 Å². The molecule has 3 atom stereocenters. The van der Waals surface area contributed by atoms with Crippen LogP contribution < -0.4 is 5.32 Å². The average molecular weight is 570 g/mol. The minimum atomic E-state index is -0.836. The molecule has 0 bridgehead atoms. The van der Waals surface area contributed by atoms with Crippen LogP contribution in [-0.2, 0) is 23.8 Å². The van der Waals surface area contributed by atoms with Crippen LogP contribution in [0.25, 0.3) is 0 Å². The van der Waals surface area contributed by atoms with Crippen LogP contribution >= 0.6 is 0 Å². The van der Waals surface area contributed by atoms with E-state index < -0.39 is 12.2 Å². The minimum Gasteiger partial charge on any atom is -0.455 e. The first-order valence-electron chi connectivity index (χ1n) is 16.1. The summed E-state index contributed by atoms with van der Waals surface area (Å²) in [5.74, 6) is -0.318. The Hall–Kier alpha value is -1.48. The second-order valence-electron chi connectivity index (χ2n) is 11.3. The van der Waals surface area contributed by atoms with Crippen LogP contribution in [0, 0.1) is 0 Å². The highest BCUT2D eigenvalue weighted by Gasteiger charge is 2.21. The van der Waals surface area contributed by atoms with E-state index in [1.165, 1.54) is 44.9 Å². The zero-order valence-corrected chi connectivity index (χ0v) is 25.5. The maximum Gasteiger partial charge on any atom is 0.334 e. The van der Waals surface area contributed by atoms with Gasteiger partial charge < -0.3 is 29.7 Å². The average Bonchev–Trinajstić information content (AvgIpc) is 3.24. The Bertz CT molecular complexity index is 670. The Morgan fingerprint density at radius 2 is 1.40 bits per heavy atom. The summed E-state index contributed by atoms with van der Waals surface area (Å²) in [7, 11) is 0. The second-order valence-corrected chi connectivity index (χ2v) is 11.3. The van der Waals surface area contributed by atoms with Crippen molar-refractivity contribution in [2.75, 3.05) is 33.0 Å².